The van der Waals surface area contributed by atoms with E-state index in [2.05, 4.69) is 43.5 Å². The van der Waals surface area contributed by atoms with Gasteiger partial charge in [-0.25, -0.2) is 0 Å². The predicted octanol–water partition coefficient (Wildman–Crippen LogP) is 13.2. The van der Waals surface area contributed by atoms with Gasteiger partial charge in [-0.3, -0.25) is 4.79 Å². The minimum absolute atomic E-state index is 0.378. The molecule has 0 spiro atoms. The Morgan fingerprint density at radius 1 is 0.462 bits per heavy atom. The molecule has 0 saturated heterocycles. The normalized spacial score (nSPS) is 13.9. The highest BCUT2D eigenvalue weighted by Gasteiger charge is 2.22. The summed E-state index contributed by atoms with van der Waals surface area (Å²) >= 11 is 0. The van der Waals surface area contributed by atoms with Crippen LogP contribution in [0.4, 0.5) is 0 Å². The molecule has 0 aromatic heterocycles. The van der Waals surface area contributed by atoms with E-state index in [4.69, 9.17) is 0 Å². The van der Waals surface area contributed by atoms with E-state index in [1.807, 2.05) is 6.08 Å². The Labute approximate surface area is 324 Å². The summed E-state index contributed by atoms with van der Waals surface area (Å²) in [6.07, 6.45) is 53.2. The summed E-state index contributed by atoms with van der Waals surface area (Å²) in [7, 11) is 0. The fourth-order valence-corrected chi connectivity index (χ4v) is 6.84. The Morgan fingerprint density at radius 2 is 0.788 bits per heavy atom. The smallest absolute Gasteiger partial charge is 0.249 e. The maximum absolute atomic E-state index is 12.5. The number of hydrogen-bond donors (Lipinski definition) is 4. The van der Waals surface area contributed by atoms with Crippen molar-refractivity contribution in [1.82, 2.24) is 5.32 Å². The van der Waals surface area contributed by atoms with Gasteiger partial charge in [-0.2, -0.15) is 0 Å². The average molecular weight is 732 g/mol. The molecule has 3 unspecified atom stereocenters. The standard InChI is InChI=1S/C47H89NO4/c1-3-5-7-9-11-13-15-17-19-21-23-24-26-28-30-32-34-36-38-40-42-46(51)47(52)48-44(43-49)45(50)41-39-37-35-33-31-29-27-25-22-20-18-16-14-12-10-8-6-4-2/h24,26,31,33,39,41,44-46,49-51H,3-23,25,27-30,32,34-38,40,42-43H2,1-2H3,(H,48,52)/b26-24-,33-31+,41-39+. The van der Waals surface area contributed by atoms with Crippen molar-refractivity contribution in [3.63, 3.8) is 0 Å². The number of rotatable bonds is 41. The second kappa shape index (κ2) is 42.3. The first kappa shape index (κ1) is 50.6. The van der Waals surface area contributed by atoms with Crippen LogP contribution < -0.4 is 5.32 Å². The van der Waals surface area contributed by atoms with E-state index in [1.54, 1.807) is 6.08 Å². The number of amides is 1. The predicted molar refractivity (Wildman–Crippen MR) is 227 cm³/mol. The van der Waals surface area contributed by atoms with Crippen LogP contribution in [-0.2, 0) is 4.79 Å². The Hall–Kier alpha value is -1.43. The molecule has 0 aliphatic rings. The molecular weight excluding hydrogens is 643 g/mol. The Morgan fingerprint density at radius 3 is 1.17 bits per heavy atom. The molecule has 52 heavy (non-hydrogen) atoms. The minimum Gasteiger partial charge on any atom is -0.394 e. The first-order chi connectivity index (χ1) is 25.6. The van der Waals surface area contributed by atoms with Crippen LogP contribution in [0.5, 0.6) is 0 Å². The molecule has 0 rings (SSSR count). The van der Waals surface area contributed by atoms with Gasteiger partial charge in [0.15, 0.2) is 0 Å². The van der Waals surface area contributed by atoms with E-state index < -0.39 is 24.2 Å². The van der Waals surface area contributed by atoms with Gasteiger partial charge >= 0.3 is 0 Å². The molecule has 4 N–H and O–H groups in total. The van der Waals surface area contributed by atoms with E-state index >= 15 is 0 Å². The highest BCUT2D eigenvalue weighted by Crippen LogP contribution is 2.15. The molecule has 5 heteroatoms. The maximum atomic E-state index is 12.5. The number of aliphatic hydroxyl groups is 3. The zero-order chi connectivity index (χ0) is 38.0. The third-order valence-electron chi connectivity index (χ3n) is 10.5. The Kier molecular flexibility index (Phi) is 41.1. The second-order valence-corrected chi connectivity index (χ2v) is 15.6. The van der Waals surface area contributed by atoms with Crippen LogP contribution in [0.3, 0.4) is 0 Å². The highest BCUT2D eigenvalue weighted by atomic mass is 16.3. The number of carbonyl (C=O) groups excluding carboxylic acids is 1. The number of nitrogens with one attached hydrogen (secondary N) is 1. The van der Waals surface area contributed by atoms with Crippen LogP contribution in [0.1, 0.15) is 232 Å². The van der Waals surface area contributed by atoms with Gasteiger partial charge in [-0.15, -0.1) is 0 Å². The molecule has 0 saturated carbocycles. The fraction of sp³-hybridized carbons (Fsp3) is 0.851. The van der Waals surface area contributed by atoms with Crippen LogP contribution in [-0.4, -0.2) is 46.1 Å². The molecule has 3 atom stereocenters. The van der Waals surface area contributed by atoms with Crippen molar-refractivity contribution in [2.75, 3.05) is 6.61 Å². The molecule has 0 fully saturated rings. The Balaban J connectivity index is 3.71. The van der Waals surface area contributed by atoms with Crippen LogP contribution in [0.2, 0.25) is 0 Å². The lowest BCUT2D eigenvalue weighted by Crippen LogP contribution is -2.48. The van der Waals surface area contributed by atoms with Gasteiger partial charge < -0.3 is 20.6 Å². The maximum Gasteiger partial charge on any atom is 0.249 e. The van der Waals surface area contributed by atoms with Crippen molar-refractivity contribution in [1.29, 1.82) is 0 Å². The van der Waals surface area contributed by atoms with E-state index in [0.29, 0.717) is 6.42 Å². The zero-order valence-corrected chi connectivity index (χ0v) is 34.7. The van der Waals surface area contributed by atoms with Gasteiger partial charge in [0.1, 0.15) is 6.10 Å². The average Bonchev–Trinajstić information content (AvgIpc) is 3.15. The number of carbonyl (C=O) groups is 1. The molecule has 0 aliphatic carbocycles. The second-order valence-electron chi connectivity index (χ2n) is 15.6. The number of allylic oxidation sites excluding steroid dienone is 5. The molecule has 0 aromatic rings. The van der Waals surface area contributed by atoms with Crippen LogP contribution in [0, 0.1) is 0 Å². The van der Waals surface area contributed by atoms with Gasteiger partial charge in [0.05, 0.1) is 18.8 Å². The summed E-state index contributed by atoms with van der Waals surface area (Å²) in [6, 6.07) is -0.816. The molecule has 1 amide bonds. The monoisotopic (exact) mass is 732 g/mol. The first-order valence-corrected chi connectivity index (χ1v) is 22.8. The summed E-state index contributed by atoms with van der Waals surface area (Å²) < 4.78 is 0. The molecule has 306 valence electrons. The molecule has 0 radical (unpaired) electrons. The summed E-state index contributed by atoms with van der Waals surface area (Å²) in [4.78, 5) is 12.5. The quantitative estimate of drug-likeness (QED) is 0.0372. The third kappa shape index (κ3) is 36.9. The van der Waals surface area contributed by atoms with Crippen molar-refractivity contribution in [3.8, 4) is 0 Å². The van der Waals surface area contributed by atoms with E-state index in [-0.39, 0.29) is 6.61 Å². The number of aliphatic hydroxyl groups excluding tert-OH is 3. The largest absolute Gasteiger partial charge is 0.394 e. The number of hydrogen-bond acceptors (Lipinski definition) is 4. The first-order valence-electron chi connectivity index (χ1n) is 22.8. The highest BCUT2D eigenvalue weighted by molar-refractivity contribution is 5.80. The molecule has 0 heterocycles. The van der Waals surface area contributed by atoms with Crippen molar-refractivity contribution in [2.24, 2.45) is 0 Å². The fourth-order valence-electron chi connectivity index (χ4n) is 6.84. The number of unbranched alkanes of at least 4 members (excludes halogenated alkanes) is 29. The van der Waals surface area contributed by atoms with Crippen LogP contribution in [0.25, 0.3) is 0 Å². The van der Waals surface area contributed by atoms with Gasteiger partial charge in [0.2, 0.25) is 5.91 Å². The summed E-state index contributed by atoms with van der Waals surface area (Å²) in [5, 5.41) is 33.1. The van der Waals surface area contributed by atoms with Crippen LogP contribution in [0.15, 0.2) is 36.5 Å². The SMILES string of the molecule is CCCCCCCCCCCC/C=C\CCCCCCCCC(O)C(=O)NC(CO)C(O)/C=C/CC/C=C/CCCCCCCCCCCCCC. The van der Waals surface area contributed by atoms with E-state index in [1.165, 1.54) is 173 Å². The summed E-state index contributed by atoms with van der Waals surface area (Å²) in [5.41, 5.74) is 0. The topological polar surface area (TPSA) is 89.8 Å². The van der Waals surface area contributed by atoms with E-state index in [9.17, 15) is 20.1 Å². The lowest BCUT2D eigenvalue weighted by molar-refractivity contribution is -0.131. The van der Waals surface area contributed by atoms with Crippen molar-refractivity contribution >= 4 is 5.91 Å². The lowest BCUT2D eigenvalue weighted by Gasteiger charge is -2.21. The molecule has 5 nitrogen and oxygen atoms in total. The van der Waals surface area contributed by atoms with Crippen molar-refractivity contribution in [2.45, 2.75) is 250 Å². The van der Waals surface area contributed by atoms with Crippen molar-refractivity contribution < 1.29 is 20.1 Å². The van der Waals surface area contributed by atoms with Gasteiger partial charge in [0.25, 0.3) is 0 Å². The zero-order valence-electron chi connectivity index (χ0n) is 34.7. The minimum atomic E-state index is -1.11. The van der Waals surface area contributed by atoms with Crippen LogP contribution >= 0.6 is 0 Å². The van der Waals surface area contributed by atoms with Gasteiger partial charge in [-0.05, 0) is 57.8 Å². The molecule has 0 aromatic carbocycles. The van der Waals surface area contributed by atoms with Gasteiger partial charge in [0, 0.05) is 0 Å². The lowest BCUT2D eigenvalue weighted by atomic mass is 10.0. The van der Waals surface area contributed by atoms with E-state index in [0.717, 1.165) is 38.5 Å². The summed E-state index contributed by atoms with van der Waals surface area (Å²) in [6.45, 7) is 4.18. The molecular formula is C47H89NO4. The molecule has 0 aliphatic heterocycles. The third-order valence-corrected chi connectivity index (χ3v) is 10.5. The van der Waals surface area contributed by atoms with Gasteiger partial charge in [-0.1, -0.05) is 211 Å². The van der Waals surface area contributed by atoms with Crippen molar-refractivity contribution in [3.05, 3.63) is 36.5 Å². The molecule has 0 bridgehead atoms. The summed E-state index contributed by atoms with van der Waals surface area (Å²) in [5.74, 6) is -0.517. The Bertz CT molecular complexity index is 809.